The first kappa shape index (κ1) is 29.3. The van der Waals surface area contributed by atoms with Gasteiger partial charge in [0.25, 0.3) is 0 Å². The van der Waals surface area contributed by atoms with Crippen molar-refractivity contribution in [1.29, 1.82) is 0 Å². The number of carboxylic acids is 1. The maximum atomic E-state index is 13.6. The summed E-state index contributed by atoms with van der Waals surface area (Å²) in [5, 5.41) is 15.6. The summed E-state index contributed by atoms with van der Waals surface area (Å²) in [5.74, 6) is -1.67. The number of alkyl carbamates (subject to hydrolysis) is 1. The van der Waals surface area contributed by atoms with E-state index in [0.717, 1.165) is 40.7 Å². The average molecular weight is 571 g/mol. The summed E-state index contributed by atoms with van der Waals surface area (Å²) in [4.78, 5) is 38.8. The van der Waals surface area contributed by atoms with Crippen molar-refractivity contribution in [3.63, 3.8) is 0 Å². The molecular weight excluding hydrogens is 532 g/mol. The number of hydrogen-bond donors (Lipinski definition) is 3. The number of carboxylic acid groups (broad SMARTS) is 1. The third-order valence-electron chi connectivity index (χ3n) is 8.74. The van der Waals surface area contributed by atoms with Gasteiger partial charge in [0.2, 0.25) is 5.91 Å². The molecule has 0 saturated heterocycles. The molecule has 3 aromatic carbocycles. The van der Waals surface area contributed by atoms with Gasteiger partial charge in [0.1, 0.15) is 6.61 Å². The van der Waals surface area contributed by atoms with Crippen LogP contribution >= 0.6 is 0 Å². The Bertz CT molecular complexity index is 1380. The number of rotatable bonds is 10. The number of ether oxygens (including phenoxy) is 2. The molecule has 0 aromatic heterocycles. The second-order valence-electron chi connectivity index (χ2n) is 11.5. The van der Waals surface area contributed by atoms with Crippen molar-refractivity contribution in [1.82, 2.24) is 10.6 Å². The molecule has 0 heterocycles. The van der Waals surface area contributed by atoms with Crippen LogP contribution in [0.15, 0.2) is 78.9 Å². The summed E-state index contributed by atoms with van der Waals surface area (Å²) < 4.78 is 11.6. The summed E-state index contributed by atoms with van der Waals surface area (Å²) in [6.07, 6.45) is 1.38. The number of benzene rings is 3. The Morgan fingerprint density at radius 2 is 1.55 bits per heavy atom. The van der Waals surface area contributed by atoms with Gasteiger partial charge >= 0.3 is 12.1 Å². The summed E-state index contributed by atoms with van der Waals surface area (Å²) in [6.45, 7) is 3.82. The predicted molar refractivity (Wildman–Crippen MR) is 159 cm³/mol. The SMILES string of the molecule is CC(OCc1ccccc1)C(NC(=O)C1(C)CCCCC1NC(=O)OCC1c2ccccc2-c2ccccc21)C(=O)O. The van der Waals surface area contributed by atoms with Gasteiger partial charge in [-0.2, -0.15) is 0 Å². The molecule has 2 amide bonds. The second-order valence-corrected chi connectivity index (χ2v) is 11.5. The van der Waals surface area contributed by atoms with Crippen molar-refractivity contribution in [3.05, 3.63) is 95.6 Å². The lowest BCUT2D eigenvalue weighted by molar-refractivity contribution is -0.149. The fraction of sp³-hybridized carbons (Fsp3) is 0.382. The zero-order chi connectivity index (χ0) is 29.7. The van der Waals surface area contributed by atoms with Gasteiger partial charge in [-0.25, -0.2) is 9.59 Å². The molecule has 4 unspecified atom stereocenters. The number of carbonyl (C=O) groups excluding carboxylic acids is 2. The van der Waals surface area contributed by atoms with Crippen LogP contribution in [0.3, 0.4) is 0 Å². The number of hydrogen-bond acceptors (Lipinski definition) is 5. The lowest BCUT2D eigenvalue weighted by Gasteiger charge is -2.41. The lowest BCUT2D eigenvalue weighted by Crippen LogP contribution is -2.59. The Labute approximate surface area is 246 Å². The van der Waals surface area contributed by atoms with Crippen molar-refractivity contribution in [2.75, 3.05) is 6.61 Å². The summed E-state index contributed by atoms with van der Waals surface area (Å²) >= 11 is 0. The molecule has 8 heteroatoms. The first-order chi connectivity index (χ1) is 20.3. The second kappa shape index (κ2) is 12.8. The molecule has 0 bridgehead atoms. The molecule has 42 heavy (non-hydrogen) atoms. The summed E-state index contributed by atoms with van der Waals surface area (Å²) in [7, 11) is 0. The minimum Gasteiger partial charge on any atom is -0.480 e. The highest BCUT2D eigenvalue weighted by Crippen LogP contribution is 2.44. The number of fused-ring (bicyclic) bond motifs is 3. The summed E-state index contributed by atoms with van der Waals surface area (Å²) in [6, 6.07) is 24.0. The van der Waals surface area contributed by atoms with Gasteiger partial charge < -0.3 is 25.2 Å². The molecule has 2 aliphatic rings. The fourth-order valence-corrected chi connectivity index (χ4v) is 6.20. The van der Waals surface area contributed by atoms with Crippen molar-refractivity contribution >= 4 is 18.0 Å². The zero-order valence-corrected chi connectivity index (χ0v) is 24.0. The van der Waals surface area contributed by atoms with Crippen molar-refractivity contribution in [2.45, 2.75) is 70.2 Å². The van der Waals surface area contributed by atoms with Crippen LogP contribution in [0.4, 0.5) is 4.79 Å². The molecule has 220 valence electrons. The molecule has 3 aromatic rings. The Balaban J connectivity index is 1.22. The Kier molecular flexibility index (Phi) is 8.92. The third-order valence-corrected chi connectivity index (χ3v) is 8.74. The molecule has 2 aliphatic carbocycles. The van der Waals surface area contributed by atoms with Crippen LogP contribution in [-0.4, -0.2) is 47.9 Å². The molecule has 0 radical (unpaired) electrons. The van der Waals surface area contributed by atoms with E-state index in [2.05, 4.69) is 34.9 Å². The predicted octanol–water partition coefficient (Wildman–Crippen LogP) is 5.65. The lowest BCUT2D eigenvalue weighted by atomic mass is 9.71. The normalized spacial score (nSPS) is 21.0. The van der Waals surface area contributed by atoms with Crippen LogP contribution in [0.1, 0.15) is 62.1 Å². The summed E-state index contributed by atoms with van der Waals surface area (Å²) in [5.41, 5.74) is 4.44. The van der Waals surface area contributed by atoms with Gasteiger partial charge in [0.05, 0.1) is 18.1 Å². The van der Waals surface area contributed by atoms with Crippen LogP contribution in [0.2, 0.25) is 0 Å². The first-order valence-electron chi connectivity index (χ1n) is 14.6. The van der Waals surface area contributed by atoms with Gasteiger partial charge in [0.15, 0.2) is 6.04 Å². The molecular formula is C34H38N2O6. The molecule has 4 atom stereocenters. The zero-order valence-electron chi connectivity index (χ0n) is 24.0. The van der Waals surface area contributed by atoms with Gasteiger partial charge in [-0.05, 0) is 54.5 Å². The number of amides is 2. The van der Waals surface area contributed by atoms with E-state index in [-0.39, 0.29) is 19.1 Å². The average Bonchev–Trinajstić information content (AvgIpc) is 3.32. The number of aliphatic carboxylic acids is 1. The molecule has 8 nitrogen and oxygen atoms in total. The van der Waals surface area contributed by atoms with Crippen molar-refractivity contribution < 1.29 is 29.0 Å². The van der Waals surface area contributed by atoms with Crippen LogP contribution in [-0.2, 0) is 25.7 Å². The molecule has 1 saturated carbocycles. The highest BCUT2D eigenvalue weighted by atomic mass is 16.5. The van der Waals surface area contributed by atoms with Crippen LogP contribution < -0.4 is 10.6 Å². The van der Waals surface area contributed by atoms with Gasteiger partial charge in [-0.15, -0.1) is 0 Å². The number of nitrogens with one attached hydrogen (secondary N) is 2. The van der Waals surface area contributed by atoms with Gasteiger partial charge in [0, 0.05) is 12.0 Å². The smallest absolute Gasteiger partial charge is 0.407 e. The van der Waals surface area contributed by atoms with Gasteiger partial charge in [-0.3, -0.25) is 4.79 Å². The van der Waals surface area contributed by atoms with Crippen LogP contribution in [0, 0.1) is 5.41 Å². The highest BCUT2D eigenvalue weighted by Gasteiger charge is 2.46. The topological polar surface area (TPSA) is 114 Å². The standard InChI is InChI=1S/C34H38N2O6/c1-22(41-20-23-12-4-3-5-13-23)30(31(37)38)36-32(39)34(2)19-11-10-18-29(34)35-33(40)42-21-28-26-16-8-6-14-24(26)25-15-7-9-17-27(25)28/h3-9,12-17,22,28-30H,10-11,18-21H2,1-2H3,(H,35,40)(H,36,39)(H,37,38). The monoisotopic (exact) mass is 570 g/mol. The molecule has 0 aliphatic heterocycles. The third kappa shape index (κ3) is 6.19. The maximum absolute atomic E-state index is 13.6. The minimum absolute atomic E-state index is 0.0714. The molecule has 5 rings (SSSR count). The minimum atomic E-state index is -1.24. The quantitative estimate of drug-likeness (QED) is 0.290. The van der Waals surface area contributed by atoms with E-state index < -0.39 is 41.6 Å². The molecule has 0 spiro atoms. The van der Waals surface area contributed by atoms with Crippen molar-refractivity contribution in [3.8, 4) is 11.1 Å². The largest absolute Gasteiger partial charge is 0.480 e. The Morgan fingerprint density at radius 1 is 0.929 bits per heavy atom. The van der Waals surface area contributed by atoms with E-state index in [0.29, 0.717) is 12.8 Å². The Morgan fingerprint density at radius 3 is 2.19 bits per heavy atom. The van der Waals surface area contributed by atoms with Gasteiger partial charge in [-0.1, -0.05) is 91.7 Å². The van der Waals surface area contributed by atoms with Crippen molar-refractivity contribution in [2.24, 2.45) is 5.41 Å². The molecule has 3 N–H and O–H groups in total. The molecule has 1 fully saturated rings. The maximum Gasteiger partial charge on any atom is 0.407 e. The van der Waals surface area contributed by atoms with E-state index in [4.69, 9.17) is 9.47 Å². The fourth-order valence-electron chi connectivity index (χ4n) is 6.20. The number of carbonyl (C=O) groups is 3. The first-order valence-corrected chi connectivity index (χ1v) is 14.6. The van der Waals surface area contributed by atoms with E-state index in [1.165, 1.54) is 0 Å². The highest BCUT2D eigenvalue weighted by molar-refractivity contribution is 5.88. The van der Waals surface area contributed by atoms with Crippen LogP contribution in [0.25, 0.3) is 11.1 Å². The Hall–Kier alpha value is -4.17. The van der Waals surface area contributed by atoms with Crippen LogP contribution in [0.5, 0.6) is 0 Å². The van der Waals surface area contributed by atoms with E-state index in [1.807, 2.05) is 54.6 Å². The van der Waals surface area contributed by atoms with E-state index in [1.54, 1.807) is 13.8 Å². The van der Waals surface area contributed by atoms with E-state index in [9.17, 15) is 19.5 Å². The van der Waals surface area contributed by atoms with E-state index >= 15 is 0 Å².